The lowest BCUT2D eigenvalue weighted by atomic mass is 10.2. The summed E-state index contributed by atoms with van der Waals surface area (Å²) in [7, 11) is -3.41. The molecule has 0 bridgehead atoms. The number of hydrogen-bond donors (Lipinski definition) is 3. The van der Waals surface area contributed by atoms with E-state index in [1.165, 1.54) is 0 Å². The quantitative estimate of drug-likeness (QED) is 0.254. The average molecular weight is 523 g/mol. The zero-order valence-electron chi connectivity index (χ0n) is 16.2. The van der Waals surface area contributed by atoms with Gasteiger partial charge in [-0.15, -0.1) is 24.0 Å². The SMILES string of the molecule is CCNC(=NCC(=O)N1CCCC1)NCCS(=O)(=O)NCc1ccccc1.I. The first-order valence-corrected chi connectivity index (χ1v) is 11.0. The molecule has 1 aromatic rings. The van der Waals surface area contributed by atoms with Crippen molar-refractivity contribution < 1.29 is 13.2 Å². The van der Waals surface area contributed by atoms with Gasteiger partial charge in [0.1, 0.15) is 6.54 Å². The van der Waals surface area contributed by atoms with Crippen molar-refractivity contribution in [1.29, 1.82) is 0 Å². The van der Waals surface area contributed by atoms with Gasteiger partial charge in [-0.1, -0.05) is 30.3 Å². The number of halogens is 1. The molecule has 3 N–H and O–H groups in total. The Kier molecular flexibility index (Phi) is 11.4. The van der Waals surface area contributed by atoms with Crippen molar-refractivity contribution in [1.82, 2.24) is 20.3 Å². The summed E-state index contributed by atoms with van der Waals surface area (Å²) >= 11 is 0. The number of carbonyl (C=O) groups is 1. The Bertz CT molecular complexity index is 722. The number of guanidine groups is 1. The lowest BCUT2D eigenvalue weighted by Crippen LogP contribution is -2.42. The van der Waals surface area contributed by atoms with Crippen LogP contribution >= 0.6 is 24.0 Å². The van der Waals surface area contributed by atoms with Gasteiger partial charge in [0, 0.05) is 32.7 Å². The largest absolute Gasteiger partial charge is 0.357 e. The highest BCUT2D eigenvalue weighted by Gasteiger charge is 2.17. The van der Waals surface area contributed by atoms with Crippen LogP contribution < -0.4 is 15.4 Å². The molecule has 0 radical (unpaired) electrons. The topological polar surface area (TPSA) is 103 Å². The molecule has 2 rings (SSSR count). The number of aliphatic imine (C=N–C) groups is 1. The van der Waals surface area contributed by atoms with Crippen LogP contribution in [0.4, 0.5) is 0 Å². The van der Waals surface area contributed by atoms with Gasteiger partial charge in [-0.05, 0) is 25.3 Å². The van der Waals surface area contributed by atoms with E-state index in [-0.39, 0.29) is 55.3 Å². The minimum Gasteiger partial charge on any atom is -0.357 e. The molecule has 10 heteroatoms. The Morgan fingerprint density at radius 3 is 2.46 bits per heavy atom. The molecular formula is C18H30IN5O3S. The Morgan fingerprint density at radius 2 is 1.82 bits per heavy atom. The third-order valence-corrected chi connectivity index (χ3v) is 5.50. The lowest BCUT2D eigenvalue weighted by Gasteiger charge is -2.15. The maximum atomic E-state index is 12.1. The van der Waals surface area contributed by atoms with Crippen LogP contribution in [0.15, 0.2) is 35.3 Å². The summed E-state index contributed by atoms with van der Waals surface area (Å²) in [5.74, 6) is 0.370. The Labute approximate surface area is 184 Å². The molecule has 0 aliphatic carbocycles. The summed E-state index contributed by atoms with van der Waals surface area (Å²) in [6.45, 7) is 4.66. The van der Waals surface area contributed by atoms with E-state index in [1.807, 2.05) is 42.2 Å². The van der Waals surface area contributed by atoms with Crippen molar-refractivity contribution in [3.05, 3.63) is 35.9 Å². The van der Waals surface area contributed by atoms with Crippen molar-refractivity contribution in [3.63, 3.8) is 0 Å². The second-order valence-corrected chi connectivity index (χ2v) is 8.26. The van der Waals surface area contributed by atoms with Crippen molar-refractivity contribution in [2.75, 3.05) is 38.5 Å². The maximum Gasteiger partial charge on any atom is 0.244 e. The normalized spacial score (nSPS) is 14.5. The zero-order valence-corrected chi connectivity index (χ0v) is 19.3. The number of likely N-dealkylation sites (tertiary alicyclic amines) is 1. The summed E-state index contributed by atoms with van der Waals surface area (Å²) in [6.07, 6.45) is 2.09. The van der Waals surface area contributed by atoms with E-state index in [0.29, 0.717) is 12.5 Å². The lowest BCUT2D eigenvalue weighted by molar-refractivity contribution is -0.128. The minimum absolute atomic E-state index is 0. The first kappa shape index (κ1) is 24.6. The first-order valence-electron chi connectivity index (χ1n) is 9.31. The molecule has 8 nitrogen and oxygen atoms in total. The van der Waals surface area contributed by atoms with Gasteiger partial charge in [0.25, 0.3) is 0 Å². The highest BCUT2D eigenvalue weighted by molar-refractivity contribution is 14.0. The van der Waals surface area contributed by atoms with Crippen molar-refractivity contribution in [2.24, 2.45) is 4.99 Å². The van der Waals surface area contributed by atoms with Gasteiger partial charge >= 0.3 is 0 Å². The molecule has 28 heavy (non-hydrogen) atoms. The molecule has 0 spiro atoms. The summed E-state index contributed by atoms with van der Waals surface area (Å²) < 4.78 is 26.8. The number of sulfonamides is 1. The minimum atomic E-state index is -3.41. The van der Waals surface area contributed by atoms with Crippen molar-refractivity contribution in [3.8, 4) is 0 Å². The standard InChI is InChI=1S/C18H29N5O3S.HI/c1-2-19-18(21-15-17(24)23-11-6-7-12-23)20-10-13-27(25,26)22-14-16-8-4-3-5-9-16;/h3-5,8-9,22H,2,6-7,10-15H2,1H3,(H2,19,20,21);1H. The molecule has 1 amide bonds. The van der Waals surface area contributed by atoms with Gasteiger partial charge in [0.15, 0.2) is 5.96 Å². The van der Waals surface area contributed by atoms with Crippen LogP contribution in [-0.2, 0) is 21.4 Å². The Hall–Kier alpha value is -1.40. The monoisotopic (exact) mass is 523 g/mol. The first-order chi connectivity index (χ1) is 13.0. The highest BCUT2D eigenvalue weighted by atomic mass is 127. The van der Waals surface area contributed by atoms with Gasteiger partial charge in [0.05, 0.1) is 5.75 Å². The third kappa shape index (κ3) is 9.20. The molecule has 0 aromatic heterocycles. The number of rotatable bonds is 9. The van der Waals surface area contributed by atoms with E-state index in [1.54, 1.807) is 0 Å². The number of nitrogens with one attached hydrogen (secondary N) is 3. The summed E-state index contributed by atoms with van der Waals surface area (Å²) in [4.78, 5) is 18.1. The fourth-order valence-corrected chi connectivity index (χ4v) is 3.62. The predicted octanol–water partition coefficient (Wildman–Crippen LogP) is 0.902. The average Bonchev–Trinajstić information content (AvgIpc) is 3.20. The summed E-state index contributed by atoms with van der Waals surface area (Å²) in [5, 5.41) is 6.00. The van der Waals surface area contributed by atoms with Gasteiger partial charge in [-0.3, -0.25) is 4.79 Å². The molecule has 1 aliphatic rings. The fourth-order valence-electron chi connectivity index (χ4n) is 2.72. The molecule has 0 atom stereocenters. The zero-order chi connectivity index (χ0) is 19.5. The molecule has 0 unspecified atom stereocenters. The molecule has 1 heterocycles. The maximum absolute atomic E-state index is 12.1. The molecule has 1 aliphatic heterocycles. The van der Waals surface area contributed by atoms with Gasteiger partial charge in [-0.25, -0.2) is 18.1 Å². The molecule has 1 aromatic carbocycles. The fraction of sp³-hybridized carbons (Fsp3) is 0.556. The number of amides is 1. The highest BCUT2D eigenvalue weighted by Crippen LogP contribution is 2.07. The Balaban J connectivity index is 0.00000392. The van der Waals surface area contributed by atoms with E-state index in [2.05, 4.69) is 20.3 Å². The molecule has 1 fully saturated rings. The van der Waals surface area contributed by atoms with E-state index in [4.69, 9.17) is 0 Å². The third-order valence-electron chi connectivity index (χ3n) is 4.18. The molecule has 0 saturated carbocycles. The summed E-state index contributed by atoms with van der Waals surface area (Å²) in [6, 6.07) is 9.36. The smallest absolute Gasteiger partial charge is 0.244 e. The number of benzene rings is 1. The molecule has 1 saturated heterocycles. The van der Waals surface area contributed by atoms with Crippen LogP contribution in [0.3, 0.4) is 0 Å². The van der Waals surface area contributed by atoms with Crippen molar-refractivity contribution >= 4 is 45.9 Å². The molecule has 158 valence electrons. The second kappa shape index (κ2) is 12.9. The number of nitrogens with zero attached hydrogens (tertiary/aromatic N) is 2. The van der Waals surface area contributed by atoms with Crippen LogP contribution in [0.1, 0.15) is 25.3 Å². The Morgan fingerprint density at radius 1 is 1.14 bits per heavy atom. The summed E-state index contributed by atoms with van der Waals surface area (Å²) in [5.41, 5.74) is 0.907. The number of hydrogen-bond acceptors (Lipinski definition) is 4. The van der Waals surface area contributed by atoms with Gasteiger partial charge < -0.3 is 15.5 Å². The number of carbonyl (C=O) groups excluding carboxylic acids is 1. The van der Waals surface area contributed by atoms with E-state index >= 15 is 0 Å². The van der Waals surface area contributed by atoms with Crippen molar-refractivity contribution in [2.45, 2.75) is 26.3 Å². The van der Waals surface area contributed by atoms with Gasteiger partial charge in [-0.2, -0.15) is 0 Å². The van der Waals surface area contributed by atoms with E-state index in [0.717, 1.165) is 31.5 Å². The second-order valence-electron chi connectivity index (χ2n) is 6.34. The van der Waals surface area contributed by atoms with Crippen LogP contribution in [0.5, 0.6) is 0 Å². The van der Waals surface area contributed by atoms with Crippen LogP contribution in [0.2, 0.25) is 0 Å². The van der Waals surface area contributed by atoms with Crippen LogP contribution in [-0.4, -0.2) is 63.7 Å². The van der Waals surface area contributed by atoms with Gasteiger partial charge in [0.2, 0.25) is 15.9 Å². The van der Waals surface area contributed by atoms with Crippen LogP contribution in [0.25, 0.3) is 0 Å². The molecular weight excluding hydrogens is 493 g/mol. The van der Waals surface area contributed by atoms with E-state index < -0.39 is 10.0 Å². The van der Waals surface area contributed by atoms with Crippen LogP contribution in [0, 0.1) is 0 Å². The predicted molar refractivity (Wildman–Crippen MR) is 122 cm³/mol. The van der Waals surface area contributed by atoms with E-state index in [9.17, 15) is 13.2 Å².